The van der Waals surface area contributed by atoms with E-state index in [2.05, 4.69) is 27.7 Å². The van der Waals surface area contributed by atoms with Crippen molar-refractivity contribution < 1.29 is 19.8 Å². The zero-order chi connectivity index (χ0) is 20.0. The molecule has 4 saturated carbocycles. The van der Waals surface area contributed by atoms with Crippen LogP contribution in [0.15, 0.2) is 0 Å². The SMILES string of the molecule is CC(=O)[C@@]1(C)CC[C@H]2[C@@H]3C[C@@H](C)C4CC(=O)C(O)(O)C[C@]4(C)[C@H]3CC[C@@]21C. The molecule has 0 aliphatic heterocycles. The second-order valence-electron chi connectivity index (χ2n) is 11.2. The number of ketones is 2. The van der Waals surface area contributed by atoms with E-state index in [1.165, 1.54) is 0 Å². The fourth-order valence-corrected chi connectivity index (χ4v) is 8.49. The Bertz CT molecular complexity index is 684. The summed E-state index contributed by atoms with van der Waals surface area (Å²) in [6.07, 6.45) is 5.71. The van der Waals surface area contributed by atoms with Crippen LogP contribution in [0.25, 0.3) is 0 Å². The Labute approximate surface area is 163 Å². The largest absolute Gasteiger partial charge is 0.360 e. The van der Waals surface area contributed by atoms with E-state index in [-0.39, 0.29) is 28.6 Å². The third-order valence-corrected chi connectivity index (χ3v) is 10.3. The van der Waals surface area contributed by atoms with Crippen molar-refractivity contribution in [3.63, 3.8) is 0 Å². The summed E-state index contributed by atoms with van der Waals surface area (Å²) in [6.45, 7) is 10.7. The number of hydrogen-bond acceptors (Lipinski definition) is 4. The lowest BCUT2D eigenvalue weighted by Crippen LogP contribution is -2.62. The van der Waals surface area contributed by atoms with Crippen LogP contribution in [-0.4, -0.2) is 27.6 Å². The van der Waals surface area contributed by atoms with E-state index in [1.54, 1.807) is 6.92 Å². The molecule has 0 spiro atoms. The predicted molar refractivity (Wildman–Crippen MR) is 103 cm³/mol. The highest BCUT2D eigenvalue weighted by Gasteiger charge is 2.67. The molecule has 1 unspecified atom stereocenters. The smallest absolute Gasteiger partial charge is 0.224 e. The Hall–Kier alpha value is -0.740. The lowest BCUT2D eigenvalue weighted by molar-refractivity contribution is -0.235. The highest BCUT2D eigenvalue weighted by atomic mass is 16.5. The van der Waals surface area contributed by atoms with E-state index in [1.807, 2.05) is 0 Å². The second-order valence-corrected chi connectivity index (χ2v) is 11.2. The molecule has 0 bridgehead atoms. The summed E-state index contributed by atoms with van der Waals surface area (Å²) in [5.41, 5.74) is -0.400. The second kappa shape index (κ2) is 5.66. The predicted octanol–water partition coefficient (Wildman–Crippen LogP) is 3.73. The first-order valence-corrected chi connectivity index (χ1v) is 10.9. The van der Waals surface area contributed by atoms with Crippen molar-refractivity contribution in [2.45, 2.75) is 85.4 Å². The zero-order valence-electron chi connectivity index (χ0n) is 17.5. The summed E-state index contributed by atoms with van der Waals surface area (Å²) >= 11 is 0. The van der Waals surface area contributed by atoms with Crippen LogP contribution in [0.4, 0.5) is 0 Å². The van der Waals surface area contributed by atoms with E-state index < -0.39 is 11.6 Å². The summed E-state index contributed by atoms with van der Waals surface area (Å²) in [7, 11) is 0. The number of carbonyl (C=O) groups is 2. The molecular formula is C23H36O4. The van der Waals surface area contributed by atoms with Gasteiger partial charge in [0.2, 0.25) is 5.79 Å². The standard InChI is InChI=1S/C23H36O4/c1-13-10-15-16(20(3)12-23(26,27)19(25)11-18(13)20)6-9-22(5)17(15)7-8-21(22,4)14(2)24/h13,15-18,26-27H,6-12H2,1-5H3/t13-,15-,16+,17+,18?,20-,21-,22+/m1/s1. The summed E-state index contributed by atoms with van der Waals surface area (Å²) in [5, 5.41) is 20.8. The van der Waals surface area contributed by atoms with Crippen molar-refractivity contribution in [3.05, 3.63) is 0 Å². The van der Waals surface area contributed by atoms with Crippen LogP contribution in [0.3, 0.4) is 0 Å². The van der Waals surface area contributed by atoms with Gasteiger partial charge in [0.15, 0.2) is 5.78 Å². The molecule has 2 N–H and O–H groups in total. The lowest BCUT2D eigenvalue weighted by Gasteiger charge is -2.63. The summed E-state index contributed by atoms with van der Waals surface area (Å²) in [4.78, 5) is 24.8. The quantitative estimate of drug-likeness (QED) is 0.684. The molecule has 0 heterocycles. The molecule has 4 rings (SSSR count). The number of Topliss-reactive ketones (excluding diaryl/α,β-unsaturated/α-hetero) is 2. The normalized spacial score (nSPS) is 54.0. The Morgan fingerprint density at radius 3 is 2.30 bits per heavy atom. The van der Waals surface area contributed by atoms with Crippen molar-refractivity contribution in [3.8, 4) is 0 Å². The highest BCUT2D eigenvalue weighted by molar-refractivity contribution is 5.86. The van der Waals surface area contributed by atoms with Gasteiger partial charge in [-0.15, -0.1) is 0 Å². The van der Waals surface area contributed by atoms with Gasteiger partial charge in [-0.05, 0) is 79.4 Å². The molecule has 4 aliphatic rings. The first kappa shape index (κ1) is 19.6. The van der Waals surface area contributed by atoms with Crippen LogP contribution in [0.5, 0.6) is 0 Å². The minimum Gasteiger partial charge on any atom is -0.360 e. The zero-order valence-corrected chi connectivity index (χ0v) is 17.5. The van der Waals surface area contributed by atoms with Crippen LogP contribution in [-0.2, 0) is 9.59 Å². The van der Waals surface area contributed by atoms with Gasteiger partial charge in [-0.2, -0.15) is 0 Å². The monoisotopic (exact) mass is 376 g/mol. The molecule has 0 radical (unpaired) electrons. The first-order valence-electron chi connectivity index (χ1n) is 10.9. The van der Waals surface area contributed by atoms with Crippen molar-refractivity contribution in [1.82, 2.24) is 0 Å². The van der Waals surface area contributed by atoms with E-state index in [0.717, 1.165) is 32.1 Å². The number of hydrogen-bond donors (Lipinski definition) is 2. The molecule has 27 heavy (non-hydrogen) atoms. The van der Waals surface area contributed by atoms with Crippen molar-refractivity contribution in [2.75, 3.05) is 0 Å². The van der Waals surface area contributed by atoms with Gasteiger partial charge < -0.3 is 10.2 Å². The molecule has 0 aromatic rings. The first-order chi connectivity index (χ1) is 12.4. The minimum atomic E-state index is -2.17. The van der Waals surface area contributed by atoms with Crippen molar-refractivity contribution >= 4 is 11.6 Å². The maximum atomic E-state index is 12.6. The number of rotatable bonds is 1. The molecule has 0 aromatic heterocycles. The topological polar surface area (TPSA) is 74.6 Å². The van der Waals surface area contributed by atoms with E-state index in [0.29, 0.717) is 35.9 Å². The number of aliphatic hydroxyl groups is 2. The molecule has 4 nitrogen and oxygen atoms in total. The third-order valence-electron chi connectivity index (χ3n) is 10.3. The molecular weight excluding hydrogens is 340 g/mol. The van der Waals surface area contributed by atoms with Crippen LogP contribution in [0, 0.1) is 45.8 Å². The van der Waals surface area contributed by atoms with Crippen molar-refractivity contribution in [1.29, 1.82) is 0 Å². The maximum absolute atomic E-state index is 12.6. The van der Waals surface area contributed by atoms with Crippen LogP contribution in [0.2, 0.25) is 0 Å². The lowest BCUT2D eigenvalue weighted by atomic mass is 9.41. The average molecular weight is 377 g/mol. The van der Waals surface area contributed by atoms with Gasteiger partial charge in [-0.3, -0.25) is 9.59 Å². The fourth-order valence-electron chi connectivity index (χ4n) is 8.49. The third kappa shape index (κ3) is 2.35. The minimum absolute atomic E-state index is 0.0446. The molecule has 8 atom stereocenters. The average Bonchev–Trinajstić information content (AvgIpc) is 2.83. The maximum Gasteiger partial charge on any atom is 0.224 e. The van der Waals surface area contributed by atoms with E-state index >= 15 is 0 Å². The van der Waals surface area contributed by atoms with Crippen LogP contribution >= 0.6 is 0 Å². The Balaban J connectivity index is 1.72. The van der Waals surface area contributed by atoms with Gasteiger partial charge in [-0.1, -0.05) is 27.7 Å². The van der Waals surface area contributed by atoms with Gasteiger partial charge in [0.25, 0.3) is 0 Å². The Kier molecular flexibility index (Phi) is 4.10. The molecule has 0 saturated heterocycles. The van der Waals surface area contributed by atoms with Gasteiger partial charge in [-0.25, -0.2) is 0 Å². The summed E-state index contributed by atoms with van der Waals surface area (Å²) in [5.74, 6) is -0.144. The van der Waals surface area contributed by atoms with Crippen LogP contribution in [0.1, 0.15) is 79.6 Å². The molecule has 0 aromatic carbocycles. The van der Waals surface area contributed by atoms with Gasteiger partial charge in [0, 0.05) is 18.3 Å². The molecule has 152 valence electrons. The van der Waals surface area contributed by atoms with Gasteiger partial charge in [0.1, 0.15) is 5.78 Å². The molecule has 4 fully saturated rings. The Morgan fingerprint density at radius 2 is 1.67 bits per heavy atom. The van der Waals surface area contributed by atoms with Gasteiger partial charge in [0.05, 0.1) is 0 Å². The van der Waals surface area contributed by atoms with E-state index in [9.17, 15) is 19.8 Å². The molecule has 0 amide bonds. The summed E-state index contributed by atoms with van der Waals surface area (Å²) < 4.78 is 0. The fraction of sp³-hybridized carbons (Fsp3) is 0.913. The molecule has 4 heteroatoms. The van der Waals surface area contributed by atoms with E-state index in [4.69, 9.17) is 0 Å². The molecule has 4 aliphatic carbocycles. The number of fused-ring (bicyclic) bond motifs is 5. The van der Waals surface area contributed by atoms with Crippen LogP contribution < -0.4 is 0 Å². The Morgan fingerprint density at radius 1 is 1.04 bits per heavy atom. The highest BCUT2D eigenvalue weighted by Crippen LogP contribution is 2.71. The number of carbonyl (C=O) groups excluding carboxylic acids is 2. The van der Waals surface area contributed by atoms with Gasteiger partial charge >= 0.3 is 0 Å². The summed E-state index contributed by atoms with van der Waals surface area (Å²) in [6, 6.07) is 0. The van der Waals surface area contributed by atoms with Crippen molar-refractivity contribution in [2.24, 2.45) is 45.8 Å².